The highest BCUT2D eigenvalue weighted by molar-refractivity contribution is 6.04. The summed E-state index contributed by atoms with van der Waals surface area (Å²) < 4.78 is 1.88. The predicted molar refractivity (Wildman–Crippen MR) is 114 cm³/mol. The molecule has 1 heterocycles. The number of nitrogens with one attached hydrogen (secondary N) is 1. The lowest BCUT2D eigenvalue weighted by Crippen LogP contribution is -2.15. The molecule has 3 aromatic carbocycles. The fourth-order valence-corrected chi connectivity index (χ4v) is 4.06. The van der Waals surface area contributed by atoms with Crippen LogP contribution in [-0.4, -0.2) is 20.9 Å². The van der Waals surface area contributed by atoms with Gasteiger partial charge in [0.25, 0.3) is 5.91 Å². The average Bonchev–Trinajstić information content (AvgIpc) is 3.17. The van der Waals surface area contributed by atoms with Crippen molar-refractivity contribution in [1.29, 1.82) is 0 Å². The molecule has 1 aliphatic rings. The molecule has 4 aromatic rings. The topological polar surface area (TPSA) is 59.8 Å². The van der Waals surface area contributed by atoms with Gasteiger partial charge in [-0.2, -0.15) is 0 Å². The Morgan fingerprint density at radius 2 is 1.76 bits per heavy atom. The molecule has 0 unspecified atom stereocenters. The summed E-state index contributed by atoms with van der Waals surface area (Å²) in [7, 11) is 0. The lowest BCUT2D eigenvalue weighted by molar-refractivity contribution is 0.102. The Morgan fingerprint density at radius 1 is 0.931 bits per heavy atom. The Hall–Kier alpha value is -3.47. The lowest BCUT2D eigenvalue weighted by Gasteiger charge is -2.19. The minimum Gasteiger partial charge on any atom is -0.322 e. The van der Waals surface area contributed by atoms with E-state index in [1.165, 1.54) is 24.0 Å². The second-order valence-electron chi connectivity index (χ2n) is 7.54. The second-order valence-corrected chi connectivity index (χ2v) is 7.54. The minimum absolute atomic E-state index is 0.0678. The summed E-state index contributed by atoms with van der Waals surface area (Å²) in [5, 5.41) is 11.5. The Kier molecular flexibility index (Phi) is 4.56. The van der Waals surface area contributed by atoms with Crippen LogP contribution in [0.5, 0.6) is 0 Å². The van der Waals surface area contributed by atoms with Crippen LogP contribution in [0.3, 0.4) is 0 Å². The molecule has 5 heteroatoms. The highest BCUT2D eigenvalue weighted by Crippen LogP contribution is 2.28. The molecule has 29 heavy (non-hydrogen) atoms. The van der Waals surface area contributed by atoms with Crippen molar-refractivity contribution in [2.24, 2.45) is 0 Å². The average molecular weight is 382 g/mol. The molecular formula is C24H22N4O. The third kappa shape index (κ3) is 3.51. The SMILES string of the molecule is O=C(Nc1cccc2c1CCCC2)c1ccc(Cn2nnc3ccccc32)cc1. The van der Waals surface area contributed by atoms with Crippen LogP contribution in [0.1, 0.15) is 39.9 Å². The summed E-state index contributed by atoms with van der Waals surface area (Å²) in [6, 6.07) is 21.8. The van der Waals surface area contributed by atoms with E-state index in [1.54, 1.807) is 0 Å². The fourth-order valence-electron chi connectivity index (χ4n) is 4.06. The quantitative estimate of drug-likeness (QED) is 0.561. The molecule has 1 N–H and O–H groups in total. The van der Waals surface area contributed by atoms with Crippen LogP contribution in [0, 0.1) is 0 Å². The normalized spacial score (nSPS) is 13.2. The van der Waals surface area contributed by atoms with Crippen LogP contribution in [0.15, 0.2) is 66.7 Å². The molecule has 5 rings (SSSR count). The van der Waals surface area contributed by atoms with Gasteiger partial charge in [-0.25, -0.2) is 4.68 Å². The van der Waals surface area contributed by atoms with Crippen LogP contribution in [0.2, 0.25) is 0 Å². The zero-order chi connectivity index (χ0) is 19.6. The van der Waals surface area contributed by atoms with E-state index in [9.17, 15) is 4.79 Å². The summed E-state index contributed by atoms with van der Waals surface area (Å²) in [6.07, 6.45) is 4.56. The Balaban J connectivity index is 1.32. The van der Waals surface area contributed by atoms with E-state index >= 15 is 0 Å². The maximum atomic E-state index is 12.8. The smallest absolute Gasteiger partial charge is 0.255 e. The third-order valence-corrected chi connectivity index (χ3v) is 5.61. The Bertz CT molecular complexity index is 1180. The van der Waals surface area contributed by atoms with Crippen LogP contribution >= 0.6 is 0 Å². The number of hydrogen-bond acceptors (Lipinski definition) is 3. The summed E-state index contributed by atoms with van der Waals surface area (Å²) in [5.74, 6) is -0.0678. The number of para-hydroxylation sites is 1. The summed E-state index contributed by atoms with van der Waals surface area (Å²) in [5.41, 5.74) is 7.23. The van der Waals surface area contributed by atoms with Gasteiger partial charge in [-0.15, -0.1) is 5.10 Å². The number of fused-ring (bicyclic) bond motifs is 2. The first-order valence-corrected chi connectivity index (χ1v) is 10.1. The number of aromatic nitrogens is 3. The van der Waals surface area contributed by atoms with Crippen molar-refractivity contribution in [3.63, 3.8) is 0 Å². The maximum absolute atomic E-state index is 12.8. The first-order chi connectivity index (χ1) is 14.3. The number of anilines is 1. The van der Waals surface area contributed by atoms with Crippen molar-refractivity contribution in [3.05, 3.63) is 89.0 Å². The van der Waals surface area contributed by atoms with Gasteiger partial charge >= 0.3 is 0 Å². The van der Waals surface area contributed by atoms with Crippen molar-refractivity contribution < 1.29 is 4.79 Å². The highest BCUT2D eigenvalue weighted by atomic mass is 16.1. The van der Waals surface area contributed by atoms with Crippen LogP contribution in [-0.2, 0) is 19.4 Å². The molecule has 0 fully saturated rings. The first-order valence-electron chi connectivity index (χ1n) is 10.1. The van der Waals surface area contributed by atoms with E-state index in [-0.39, 0.29) is 5.91 Å². The van der Waals surface area contributed by atoms with Crippen molar-refractivity contribution >= 4 is 22.6 Å². The molecule has 1 amide bonds. The molecule has 0 saturated heterocycles. The molecule has 0 radical (unpaired) electrons. The predicted octanol–water partition coefficient (Wildman–Crippen LogP) is 4.61. The summed E-state index contributed by atoms with van der Waals surface area (Å²) in [4.78, 5) is 12.8. The molecular weight excluding hydrogens is 360 g/mol. The highest BCUT2D eigenvalue weighted by Gasteiger charge is 2.15. The number of aryl methyl sites for hydroxylation is 1. The van der Waals surface area contributed by atoms with Gasteiger partial charge < -0.3 is 5.32 Å². The summed E-state index contributed by atoms with van der Waals surface area (Å²) in [6.45, 7) is 0.620. The number of benzene rings is 3. The Morgan fingerprint density at radius 3 is 2.66 bits per heavy atom. The second kappa shape index (κ2) is 7.51. The molecule has 0 bridgehead atoms. The van der Waals surface area contributed by atoms with E-state index < -0.39 is 0 Å². The molecule has 144 valence electrons. The molecule has 0 aliphatic heterocycles. The van der Waals surface area contributed by atoms with E-state index in [2.05, 4.69) is 21.7 Å². The van der Waals surface area contributed by atoms with Gasteiger partial charge in [0.05, 0.1) is 12.1 Å². The lowest BCUT2D eigenvalue weighted by atomic mass is 9.90. The number of carbonyl (C=O) groups excluding carboxylic acids is 1. The van der Waals surface area contributed by atoms with Gasteiger partial charge in [-0.1, -0.05) is 41.6 Å². The van der Waals surface area contributed by atoms with E-state index in [0.29, 0.717) is 12.1 Å². The van der Waals surface area contributed by atoms with Gasteiger partial charge in [0.15, 0.2) is 0 Å². The van der Waals surface area contributed by atoms with E-state index in [0.717, 1.165) is 35.1 Å². The van der Waals surface area contributed by atoms with Crippen LogP contribution in [0.25, 0.3) is 11.0 Å². The molecule has 0 saturated carbocycles. The van der Waals surface area contributed by atoms with Crippen LogP contribution < -0.4 is 5.32 Å². The minimum atomic E-state index is -0.0678. The third-order valence-electron chi connectivity index (χ3n) is 5.61. The number of amides is 1. The van der Waals surface area contributed by atoms with Crippen molar-refractivity contribution in [2.45, 2.75) is 32.2 Å². The monoisotopic (exact) mass is 382 g/mol. The molecule has 0 spiro atoms. The van der Waals surface area contributed by atoms with Crippen molar-refractivity contribution in [3.8, 4) is 0 Å². The van der Waals surface area contributed by atoms with Gasteiger partial charge in [-0.05, 0) is 72.7 Å². The fraction of sp³-hybridized carbons (Fsp3) is 0.208. The van der Waals surface area contributed by atoms with Gasteiger partial charge in [0.2, 0.25) is 0 Å². The number of rotatable bonds is 4. The van der Waals surface area contributed by atoms with Crippen molar-refractivity contribution in [1.82, 2.24) is 15.0 Å². The van der Waals surface area contributed by atoms with E-state index in [1.807, 2.05) is 65.3 Å². The zero-order valence-corrected chi connectivity index (χ0v) is 16.1. The largest absolute Gasteiger partial charge is 0.322 e. The molecule has 1 aliphatic carbocycles. The zero-order valence-electron chi connectivity index (χ0n) is 16.1. The number of hydrogen-bond donors (Lipinski definition) is 1. The standard InChI is InChI=1S/C24H22N4O/c29-24(25-21-10-5-7-18-6-1-2-8-20(18)21)19-14-12-17(13-15-19)16-28-23-11-4-3-9-22(23)26-27-28/h3-5,7,9-15H,1-2,6,8,16H2,(H,25,29). The van der Waals surface area contributed by atoms with Gasteiger partial charge in [0.1, 0.15) is 5.52 Å². The van der Waals surface area contributed by atoms with Crippen molar-refractivity contribution in [2.75, 3.05) is 5.32 Å². The van der Waals surface area contributed by atoms with Crippen LogP contribution in [0.4, 0.5) is 5.69 Å². The maximum Gasteiger partial charge on any atom is 0.255 e. The van der Waals surface area contributed by atoms with Gasteiger partial charge in [0, 0.05) is 11.3 Å². The molecule has 1 aromatic heterocycles. The summed E-state index contributed by atoms with van der Waals surface area (Å²) >= 11 is 0. The van der Waals surface area contributed by atoms with E-state index in [4.69, 9.17) is 0 Å². The molecule has 0 atom stereocenters. The number of carbonyl (C=O) groups is 1. The molecule has 5 nitrogen and oxygen atoms in total. The Labute approximate surface area is 169 Å². The number of nitrogens with zero attached hydrogens (tertiary/aromatic N) is 3. The van der Waals surface area contributed by atoms with Gasteiger partial charge in [-0.3, -0.25) is 4.79 Å². The first kappa shape index (κ1) is 17.6.